The van der Waals surface area contributed by atoms with Crippen molar-refractivity contribution >= 4 is 22.4 Å². The first-order valence-corrected chi connectivity index (χ1v) is 9.17. The fourth-order valence-corrected chi connectivity index (χ4v) is 4.07. The number of nitrogens with one attached hydrogen (secondary N) is 1. The predicted molar refractivity (Wildman–Crippen MR) is 98.7 cm³/mol. The summed E-state index contributed by atoms with van der Waals surface area (Å²) in [5, 5.41) is 4.03. The summed E-state index contributed by atoms with van der Waals surface area (Å²) >= 11 is 1.46. The zero-order chi connectivity index (χ0) is 17.1. The minimum absolute atomic E-state index is 0.0848. The zero-order valence-corrected chi connectivity index (χ0v) is 15.3. The maximum absolute atomic E-state index is 13.2. The van der Waals surface area contributed by atoms with Crippen LogP contribution >= 0.6 is 11.3 Å². The fraction of sp³-hybridized carbons (Fsp3) is 0.444. The number of aromatic nitrogens is 1. The van der Waals surface area contributed by atoms with Crippen LogP contribution in [-0.2, 0) is 0 Å². The molecule has 1 fully saturated rings. The quantitative estimate of drug-likeness (QED) is 0.926. The lowest BCUT2D eigenvalue weighted by atomic mass is 10.0. The number of aryl methyl sites for hydroxylation is 1. The van der Waals surface area contributed by atoms with E-state index in [2.05, 4.69) is 34.4 Å². The van der Waals surface area contributed by atoms with E-state index in [-0.39, 0.29) is 11.9 Å². The first-order chi connectivity index (χ1) is 11.6. The molecule has 0 spiro atoms. The van der Waals surface area contributed by atoms with Crippen molar-refractivity contribution < 1.29 is 4.79 Å². The second kappa shape index (κ2) is 7.32. The standard InChI is InChI=1S/C18H24N4OS/c1-4-19-18-20-13(2)16(24-18)17(23)22-11-10-21(3)12-15(22)14-8-6-5-7-9-14/h5-9,15H,4,10-12H2,1-3H3,(H,19,20)/t15-/m1/s1. The van der Waals surface area contributed by atoms with Crippen molar-refractivity contribution in [1.82, 2.24) is 14.8 Å². The Labute approximate surface area is 147 Å². The third kappa shape index (κ3) is 3.44. The van der Waals surface area contributed by atoms with Crippen molar-refractivity contribution in [2.24, 2.45) is 0 Å². The summed E-state index contributed by atoms with van der Waals surface area (Å²) in [6.07, 6.45) is 0. The van der Waals surface area contributed by atoms with Crippen molar-refractivity contribution in [3.63, 3.8) is 0 Å². The van der Waals surface area contributed by atoms with Gasteiger partial charge in [-0.3, -0.25) is 4.79 Å². The van der Waals surface area contributed by atoms with Gasteiger partial charge in [0, 0.05) is 26.2 Å². The molecule has 128 valence electrons. The monoisotopic (exact) mass is 344 g/mol. The molecule has 1 saturated heterocycles. The van der Waals surface area contributed by atoms with Gasteiger partial charge in [0.1, 0.15) is 4.88 Å². The van der Waals surface area contributed by atoms with Crippen molar-refractivity contribution in [2.45, 2.75) is 19.9 Å². The van der Waals surface area contributed by atoms with E-state index in [1.165, 1.54) is 16.9 Å². The van der Waals surface area contributed by atoms with Gasteiger partial charge in [-0.15, -0.1) is 0 Å². The van der Waals surface area contributed by atoms with E-state index in [0.717, 1.165) is 41.9 Å². The van der Waals surface area contributed by atoms with Crippen LogP contribution in [0, 0.1) is 6.92 Å². The van der Waals surface area contributed by atoms with Crippen LogP contribution in [0.25, 0.3) is 0 Å². The highest BCUT2D eigenvalue weighted by Crippen LogP contribution is 2.30. The first-order valence-electron chi connectivity index (χ1n) is 8.36. The first kappa shape index (κ1) is 16.9. The number of hydrogen-bond acceptors (Lipinski definition) is 5. The number of thiazole rings is 1. The number of carbonyl (C=O) groups excluding carboxylic acids is 1. The van der Waals surface area contributed by atoms with Gasteiger partial charge in [-0.1, -0.05) is 41.7 Å². The Morgan fingerprint density at radius 2 is 2.08 bits per heavy atom. The van der Waals surface area contributed by atoms with Crippen LogP contribution in [0.1, 0.15) is 33.9 Å². The van der Waals surface area contributed by atoms with E-state index >= 15 is 0 Å². The molecule has 24 heavy (non-hydrogen) atoms. The van der Waals surface area contributed by atoms with Crippen molar-refractivity contribution in [3.05, 3.63) is 46.5 Å². The average Bonchev–Trinajstić information content (AvgIpc) is 2.96. The molecule has 1 aromatic carbocycles. The maximum Gasteiger partial charge on any atom is 0.266 e. The Morgan fingerprint density at radius 1 is 1.33 bits per heavy atom. The molecule has 5 nitrogen and oxygen atoms in total. The van der Waals surface area contributed by atoms with Gasteiger partial charge in [0.25, 0.3) is 5.91 Å². The highest BCUT2D eigenvalue weighted by molar-refractivity contribution is 7.17. The van der Waals surface area contributed by atoms with Gasteiger partial charge in [0.15, 0.2) is 5.13 Å². The molecule has 1 atom stereocenters. The molecule has 1 amide bonds. The van der Waals surface area contributed by atoms with Crippen LogP contribution in [0.15, 0.2) is 30.3 Å². The zero-order valence-electron chi connectivity index (χ0n) is 14.5. The molecule has 1 aromatic heterocycles. The topological polar surface area (TPSA) is 48.5 Å². The second-order valence-electron chi connectivity index (χ2n) is 6.15. The Hall–Kier alpha value is -1.92. The molecule has 2 aromatic rings. The molecule has 0 bridgehead atoms. The van der Waals surface area contributed by atoms with E-state index in [1.54, 1.807) is 0 Å². The van der Waals surface area contributed by atoms with Crippen LogP contribution in [0.3, 0.4) is 0 Å². The van der Waals surface area contributed by atoms with Gasteiger partial charge in [-0.2, -0.15) is 0 Å². The molecule has 1 aliphatic heterocycles. The molecule has 1 N–H and O–H groups in total. The summed E-state index contributed by atoms with van der Waals surface area (Å²) < 4.78 is 0. The molecule has 6 heteroatoms. The summed E-state index contributed by atoms with van der Waals surface area (Å²) in [5.41, 5.74) is 2.00. The smallest absolute Gasteiger partial charge is 0.266 e. The number of piperazine rings is 1. The van der Waals surface area contributed by atoms with E-state index in [9.17, 15) is 4.79 Å². The Balaban J connectivity index is 1.89. The number of amides is 1. The van der Waals surface area contributed by atoms with E-state index < -0.39 is 0 Å². The minimum Gasteiger partial charge on any atom is -0.362 e. The number of hydrogen-bond donors (Lipinski definition) is 1. The van der Waals surface area contributed by atoms with E-state index in [0.29, 0.717) is 0 Å². The van der Waals surface area contributed by atoms with Crippen molar-refractivity contribution in [1.29, 1.82) is 0 Å². The second-order valence-corrected chi connectivity index (χ2v) is 7.15. The molecule has 0 unspecified atom stereocenters. The van der Waals surface area contributed by atoms with Crippen LogP contribution < -0.4 is 5.32 Å². The molecular weight excluding hydrogens is 320 g/mol. The summed E-state index contributed by atoms with van der Waals surface area (Å²) in [7, 11) is 2.11. The lowest BCUT2D eigenvalue weighted by Gasteiger charge is -2.40. The molecule has 0 aliphatic carbocycles. The number of anilines is 1. The van der Waals surface area contributed by atoms with Crippen molar-refractivity contribution in [2.75, 3.05) is 38.5 Å². The van der Waals surface area contributed by atoms with Crippen LogP contribution in [0.5, 0.6) is 0 Å². The number of benzene rings is 1. The van der Waals surface area contributed by atoms with Crippen LogP contribution in [-0.4, -0.2) is 53.9 Å². The van der Waals surface area contributed by atoms with E-state index in [1.807, 2.05) is 36.9 Å². The number of carbonyl (C=O) groups is 1. The molecule has 1 aliphatic rings. The lowest BCUT2D eigenvalue weighted by Crippen LogP contribution is -2.49. The molecule has 2 heterocycles. The molecule has 3 rings (SSSR count). The highest BCUT2D eigenvalue weighted by Gasteiger charge is 2.32. The Bertz CT molecular complexity index is 700. The van der Waals surface area contributed by atoms with E-state index in [4.69, 9.17) is 0 Å². The largest absolute Gasteiger partial charge is 0.362 e. The van der Waals surface area contributed by atoms with Gasteiger partial charge >= 0.3 is 0 Å². The normalized spacial score (nSPS) is 18.6. The number of rotatable bonds is 4. The number of nitrogens with zero attached hydrogens (tertiary/aromatic N) is 3. The maximum atomic E-state index is 13.2. The fourth-order valence-electron chi connectivity index (χ4n) is 3.08. The third-order valence-corrected chi connectivity index (χ3v) is 5.45. The summed E-state index contributed by atoms with van der Waals surface area (Å²) in [6.45, 7) is 7.24. The number of likely N-dealkylation sites (N-methyl/N-ethyl adjacent to an activating group) is 1. The molecule has 0 saturated carbocycles. The van der Waals surface area contributed by atoms with Crippen LogP contribution in [0.2, 0.25) is 0 Å². The van der Waals surface area contributed by atoms with Crippen LogP contribution in [0.4, 0.5) is 5.13 Å². The highest BCUT2D eigenvalue weighted by atomic mass is 32.1. The Morgan fingerprint density at radius 3 is 2.79 bits per heavy atom. The third-order valence-electron chi connectivity index (χ3n) is 4.35. The average molecular weight is 344 g/mol. The SMILES string of the molecule is CCNc1nc(C)c(C(=O)N2CCN(C)C[C@@H]2c2ccccc2)s1. The van der Waals surface area contributed by atoms with Crippen molar-refractivity contribution in [3.8, 4) is 0 Å². The Kier molecular flexibility index (Phi) is 5.16. The van der Waals surface area contributed by atoms with Gasteiger partial charge in [0.2, 0.25) is 0 Å². The van der Waals surface area contributed by atoms with Gasteiger partial charge in [0.05, 0.1) is 11.7 Å². The predicted octanol–water partition coefficient (Wildman–Crippen LogP) is 3.01. The molecule has 0 radical (unpaired) electrons. The van der Waals surface area contributed by atoms with Gasteiger partial charge < -0.3 is 15.1 Å². The lowest BCUT2D eigenvalue weighted by molar-refractivity contribution is 0.0502. The summed E-state index contributed by atoms with van der Waals surface area (Å²) in [4.78, 5) is 22.7. The minimum atomic E-state index is 0.0848. The van der Waals surface area contributed by atoms with Gasteiger partial charge in [-0.25, -0.2) is 4.98 Å². The molecular formula is C18H24N4OS. The summed E-state index contributed by atoms with van der Waals surface area (Å²) in [6, 6.07) is 10.4. The van der Waals surface area contributed by atoms with Gasteiger partial charge in [-0.05, 0) is 26.5 Å². The summed E-state index contributed by atoms with van der Waals surface area (Å²) in [5.74, 6) is 0.0936.